The monoisotopic (exact) mass is 605 g/mol. The molecule has 1 heterocycles. The highest BCUT2D eigenvalue weighted by molar-refractivity contribution is 8.00. The van der Waals surface area contributed by atoms with Crippen LogP contribution in [0.15, 0.2) is 77.7 Å². The first-order chi connectivity index (χ1) is 19.3. The van der Waals surface area contributed by atoms with Crippen LogP contribution in [0.2, 0.25) is 10.0 Å². The van der Waals surface area contributed by atoms with Crippen LogP contribution in [0.5, 0.6) is 0 Å². The smallest absolute Gasteiger partial charge is 0.257 e. The molecule has 2 atom stereocenters. The van der Waals surface area contributed by atoms with Gasteiger partial charge in [0.1, 0.15) is 16.3 Å². The van der Waals surface area contributed by atoms with Crippen molar-refractivity contribution < 1.29 is 9.59 Å². The summed E-state index contributed by atoms with van der Waals surface area (Å²) in [5.74, 6) is 0.000245. The minimum atomic E-state index is -0.581. The van der Waals surface area contributed by atoms with E-state index in [1.807, 2.05) is 48.5 Å². The Labute approximate surface area is 251 Å². The lowest BCUT2D eigenvalue weighted by Crippen LogP contribution is -2.19. The van der Waals surface area contributed by atoms with E-state index in [0.29, 0.717) is 32.8 Å². The summed E-state index contributed by atoms with van der Waals surface area (Å²) in [5.41, 5.74) is 3.38. The molecule has 0 spiro atoms. The zero-order valence-electron chi connectivity index (χ0n) is 21.5. The second-order valence-corrected chi connectivity index (χ2v) is 12.8. The maximum atomic E-state index is 13.7. The van der Waals surface area contributed by atoms with Gasteiger partial charge in [-0.2, -0.15) is 5.26 Å². The van der Waals surface area contributed by atoms with E-state index in [0.717, 1.165) is 35.3 Å². The van der Waals surface area contributed by atoms with Crippen molar-refractivity contribution in [3.05, 3.63) is 110 Å². The van der Waals surface area contributed by atoms with Crippen molar-refractivity contribution in [3.63, 3.8) is 0 Å². The summed E-state index contributed by atoms with van der Waals surface area (Å²) in [5, 5.41) is 16.6. The minimum Gasteiger partial charge on any atom is -0.322 e. The van der Waals surface area contributed by atoms with E-state index >= 15 is 0 Å². The maximum Gasteiger partial charge on any atom is 0.257 e. The summed E-state index contributed by atoms with van der Waals surface area (Å²) in [7, 11) is 0. The predicted octanol–water partition coefficient (Wildman–Crippen LogP) is 8.78. The molecule has 0 saturated heterocycles. The van der Waals surface area contributed by atoms with Gasteiger partial charge in [-0.15, -0.1) is 23.1 Å². The summed E-state index contributed by atoms with van der Waals surface area (Å²) in [4.78, 5) is 28.6. The highest BCUT2D eigenvalue weighted by Gasteiger charge is 2.28. The van der Waals surface area contributed by atoms with Crippen molar-refractivity contribution in [1.29, 1.82) is 5.26 Å². The third kappa shape index (κ3) is 6.37. The van der Waals surface area contributed by atoms with E-state index in [1.54, 1.807) is 18.2 Å². The highest BCUT2D eigenvalue weighted by atomic mass is 35.5. The van der Waals surface area contributed by atoms with Crippen LogP contribution in [-0.4, -0.2) is 11.8 Å². The third-order valence-corrected chi connectivity index (χ3v) is 9.69. The SMILES string of the molecule is CC1CCc2c(sc(NC(=O)C(Sc3cccc(NC(=O)c4ccc(Cl)cc4Cl)c3)c3ccccc3)c2C#N)C1. The molecule has 0 fully saturated rings. The molecule has 5 rings (SSSR count). The molecule has 0 radical (unpaired) electrons. The predicted molar refractivity (Wildman–Crippen MR) is 165 cm³/mol. The van der Waals surface area contributed by atoms with Crippen molar-refractivity contribution in [3.8, 4) is 6.07 Å². The average molecular weight is 607 g/mol. The van der Waals surface area contributed by atoms with Crippen LogP contribution in [0.4, 0.5) is 10.7 Å². The van der Waals surface area contributed by atoms with Gasteiger partial charge >= 0.3 is 0 Å². The molecule has 202 valence electrons. The van der Waals surface area contributed by atoms with E-state index in [2.05, 4.69) is 23.6 Å². The Kier molecular flexibility index (Phi) is 8.82. The fraction of sp³-hybridized carbons (Fsp3) is 0.194. The van der Waals surface area contributed by atoms with Crippen molar-refractivity contribution >= 4 is 68.8 Å². The van der Waals surface area contributed by atoms with Gasteiger partial charge in [0.25, 0.3) is 5.91 Å². The standard InChI is InChI=1S/C31H25Cl2N3O2S2/c1-18-10-12-23-25(17-34)31(40-27(23)14-18)36-30(38)28(19-6-3-2-4-7-19)39-22-9-5-8-21(16-22)35-29(37)24-13-11-20(32)15-26(24)33/h2-9,11,13,15-16,18,28H,10,12,14H2,1H3,(H,35,37)(H,36,38). The zero-order chi connectivity index (χ0) is 28.2. The van der Waals surface area contributed by atoms with E-state index in [4.69, 9.17) is 23.2 Å². The van der Waals surface area contributed by atoms with Crippen LogP contribution in [0, 0.1) is 17.2 Å². The van der Waals surface area contributed by atoms with Crippen LogP contribution in [0.25, 0.3) is 0 Å². The molecule has 0 saturated carbocycles. The van der Waals surface area contributed by atoms with Gasteiger partial charge in [-0.3, -0.25) is 9.59 Å². The van der Waals surface area contributed by atoms with Gasteiger partial charge in [0, 0.05) is 20.5 Å². The normalized spacial score (nSPS) is 15.0. The number of nitriles is 1. The number of nitrogens with one attached hydrogen (secondary N) is 2. The van der Waals surface area contributed by atoms with Gasteiger partial charge in [-0.05, 0) is 72.7 Å². The molecule has 0 bridgehead atoms. The number of benzene rings is 3. The second kappa shape index (κ2) is 12.5. The van der Waals surface area contributed by atoms with E-state index in [1.165, 1.54) is 34.0 Å². The lowest BCUT2D eigenvalue weighted by molar-refractivity contribution is -0.115. The Balaban J connectivity index is 1.38. The summed E-state index contributed by atoms with van der Waals surface area (Å²) >= 11 is 15.1. The largest absolute Gasteiger partial charge is 0.322 e. The molecule has 1 aliphatic rings. The second-order valence-electron chi connectivity index (χ2n) is 9.67. The number of nitrogens with zero attached hydrogens (tertiary/aromatic N) is 1. The van der Waals surface area contributed by atoms with Crippen molar-refractivity contribution in [2.24, 2.45) is 5.92 Å². The summed E-state index contributed by atoms with van der Waals surface area (Å²) in [6.07, 6.45) is 2.84. The molecule has 4 aromatic rings. The number of amides is 2. The number of hydrogen-bond acceptors (Lipinski definition) is 5. The van der Waals surface area contributed by atoms with Gasteiger partial charge in [-0.1, -0.05) is 66.5 Å². The van der Waals surface area contributed by atoms with Gasteiger partial charge in [0.15, 0.2) is 0 Å². The number of carbonyl (C=O) groups is 2. The van der Waals surface area contributed by atoms with E-state index in [-0.39, 0.29) is 16.8 Å². The Morgan fingerprint density at radius 3 is 2.60 bits per heavy atom. The molecule has 9 heteroatoms. The topological polar surface area (TPSA) is 82.0 Å². The number of anilines is 2. The van der Waals surface area contributed by atoms with Crippen LogP contribution < -0.4 is 10.6 Å². The Bertz CT molecular complexity index is 1610. The molecule has 3 aromatic carbocycles. The molecular formula is C31H25Cl2N3O2S2. The first kappa shape index (κ1) is 28.3. The Hall–Kier alpha value is -3.28. The molecule has 2 N–H and O–H groups in total. The number of fused-ring (bicyclic) bond motifs is 1. The van der Waals surface area contributed by atoms with Crippen molar-refractivity contribution in [2.45, 2.75) is 36.3 Å². The average Bonchev–Trinajstić information content (AvgIpc) is 3.27. The van der Waals surface area contributed by atoms with E-state index < -0.39 is 5.25 Å². The molecule has 2 amide bonds. The van der Waals surface area contributed by atoms with Gasteiger partial charge < -0.3 is 10.6 Å². The summed E-state index contributed by atoms with van der Waals surface area (Å²) < 4.78 is 0. The molecule has 1 aliphatic carbocycles. The Morgan fingerprint density at radius 1 is 1.05 bits per heavy atom. The van der Waals surface area contributed by atoms with Gasteiger partial charge in [0.2, 0.25) is 5.91 Å². The number of carbonyl (C=O) groups excluding carboxylic acids is 2. The fourth-order valence-corrected chi connectivity index (χ4v) is 7.63. The lowest BCUT2D eigenvalue weighted by atomic mass is 9.88. The summed E-state index contributed by atoms with van der Waals surface area (Å²) in [6.45, 7) is 2.22. The minimum absolute atomic E-state index is 0.207. The lowest BCUT2D eigenvalue weighted by Gasteiger charge is -2.17. The molecular weight excluding hydrogens is 581 g/mol. The number of thioether (sulfide) groups is 1. The highest BCUT2D eigenvalue weighted by Crippen LogP contribution is 2.42. The van der Waals surface area contributed by atoms with Gasteiger partial charge in [-0.25, -0.2) is 0 Å². The quantitative estimate of drug-likeness (QED) is 0.206. The number of rotatable bonds is 7. The number of thiophene rings is 1. The van der Waals surface area contributed by atoms with Crippen LogP contribution >= 0.6 is 46.3 Å². The van der Waals surface area contributed by atoms with Crippen LogP contribution in [-0.2, 0) is 17.6 Å². The third-order valence-electron chi connectivity index (χ3n) is 6.72. The van der Waals surface area contributed by atoms with Crippen molar-refractivity contribution in [1.82, 2.24) is 0 Å². The molecule has 2 unspecified atom stereocenters. The van der Waals surface area contributed by atoms with Crippen molar-refractivity contribution in [2.75, 3.05) is 10.6 Å². The van der Waals surface area contributed by atoms with Crippen LogP contribution in [0.3, 0.4) is 0 Å². The maximum absolute atomic E-state index is 13.7. The molecule has 0 aliphatic heterocycles. The van der Waals surface area contributed by atoms with E-state index in [9.17, 15) is 14.9 Å². The molecule has 40 heavy (non-hydrogen) atoms. The molecule has 5 nitrogen and oxygen atoms in total. The van der Waals surface area contributed by atoms with Crippen LogP contribution in [0.1, 0.15) is 50.5 Å². The number of hydrogen-bond donors (Lipinski definition) is 2. The first-order valence-electron chi connectivity index (χ1n) is 12.8. The fourth-order valence-electron chi connectivity index (χ4n) is 4.69. The zero-order valence-corrected chi connectivity index (χ0v) is 24.7. The number of halogens is 2. The molecule has 1 aromatic heterocycles. The Morgan fingerprint density at radius 2 is 1.85 bits per heavy atom. The first-order valence-corrected chi connectivity index (χ1v) is 15.2. The summed E-state index contributed by atoms with van der Waals surface area (Å²) in [6, 6.07) is 23.9. The van der Waals surface area contributed by atoms with Gasteiger partial charge in [0.05, 0.1) is 16.1 Å².